The Balaban J connectivity index is 1.56. The lowest BCUT2D eigenvalue weighted by molar-refractivity contribution is -0.141. The minimum atomic E-state index is 0.0628. The smallest absolute Gasteiger partial charge is 0.225 e. The number of amides is 1. The summed E-state index contributed by atoms with van der Waals surface area (Å²) in [5.41, 5.74) is 0. The fourth-order valence-corrected chi connectivity index (χ4v) is 3.76. The maximum Gasteiger partial charge on any atom is 0.225 e. The molecule has 0 bridgehead atoms. The van der Waals surface area contributed by atoms with Gasteiger partial charge >= 0.3 is 0 Å². The minimum Gasteiger partial charge on any atom is -0.375 e. The first-order chi connectivity index (χ1) is 9.74. The van der Waals surface area contributed by atoms with Gasteiger partial charge in [0.15, 0.2) is 0 Å². The average Bonchev–Trinajstić information content (AvgIpc) is 2.47. The molecule has 1 N–H and O–H groups in total. The van der Waals surface area contributed by atoms with E-state index in [1.807, 2.05) is 0 Å². The first-order valence-corrected chi connectivity index (χ1v) is 8.10. The molecule has 3 atom stereocenters. The molecule has 3 heterocycles. The van der Waals surface area contributed by atoms with Gasteiger partial charge in [0.05, 0.1) is 19.1 Å². The molecule has 3 fully saturated rings. The number of carbonyl (C=O) groups is 1. The van der Waals surface area contributed by atoms with E-state index in [2.05, 4.69) is 22.0 Å². The van der Waals surface area contributed by atoms with Crippen molar-refractivity contribution >= 4 is 5.91 Å². The van der Waals surface area contributed by atoms with Crippen LogP contribution in [0.4, 0.5) is 0 Å². The van der Waals surface area contributed by atoms with Crippen molar-refractivity contribution in [1.82, 2.24) is 15.1 Å². The van der Waals surface area contributed by atoms with Crippen molar-refractivity contribution in [3.05, 3.63) is 0 Å². The molecular weight excluding hydrogens is 254 g/mol. The van der Waals surface area contributed by atoms with Gasteiger partial charge in [-0.1, -0.05) is 6.42 Å². The Hall–Kier alpha value is -0.650. The molecule has 0 saturated carbocycles. The van der Waals surface area contributed by atoms with Crippen LogP contribution in [-0.4, -0.2) is 73.2 Å². The van der Waals surface area contributed by atoms with Crippen LogP contribution in [0, 0.1) is 0 Å². The third kappa shape index (κ3) is 3.15. The van der Waals surface area contributed by atoms with Gasteiger partial charge in [0.2, 0.25) is 5.91 Å². The first-order valence-electron chi connectivity index (χ1n) is 8.10. The first kappa shape index (κ1) is 14.3. The number of fused-ring (bicyclic) bond motifs is 1. The number of nitrogens with zero attached hydrogens (tertiary/aromatic N) is 2. The minimum absolute atomic E-state index is 0.0628. The van der Waals surface area contributed by atoms with E-state index in [0.29, 0.717) is 18.5 Å². The molecule has 3 unspecified atom stereocenters. The molecule has 114 valence electrons. The second kappa shape index (κ2) is 6.41. The number of hydrogen-bond acceptors (Lipinski definition) is 4. The third-order valence-corrected chi connectivity index (χ3v) is 4.91. The van der Waals surface area contributed by atoms with Gasteiger partial charge in [0, 0.05) is 38.3 Å². The molecule has 0 aromatic heterocycles. The van der Waals surface area contributed by atoms with Crippen LogP contribution >= 0.6 is 0 Å². The average molecular weight is 281 g/mol. The number of hydrogen-bond donors (Lipinski definition) is 1. The molecule has 5 nitrogen and oxygen atoms in total. The standard InChI is InChI=1S/C15H27N3O2/c1-12-10-17-6-3-2-4-13(17)11-18(12)15(19)8-14-9-16-5-7-20-14/h12-14,16H,2-11H2,1H3. The van der Waals surface area contributed by atoms with Crippen LogP contribution < -0.4 is 5.32 Å². The molecule has 3 saturated heterocycles. The molecule has 3 aliphatic heterocycles. The molecule has 0 spiro atoms. The van der Waals surface area contributed by atoms with Crippen LogP contribution in [0.25, 0.3) is 0 Å². The van der Waals surface area contributed by atoms with Crippen LogP contribution in [0.3, 0.4) is 0 Å². The van der Waals surface area contributed by atoms with Crippen LogP contribution in [-0.2, 0) is 9.53 Å². The zero-order chi connectivity index (χ0) is 13.9. The molecule has 3 aliphatic rings. The number of ether oxygens (including phenoxy) is 1. The Morgan fingerprint density at radius 3 is 3.05 bits per heavy atom. The largest absolute Gasteiger partial charge is 0.375 e. The Morgan fingerprint density at radius 1 is 1.35 bits per heavy atom. The van der Waals surface area contributed by atoms with Crippen molar-refractivity contribution in [3.63, 3.8) is 0 Å². The zero-order valence-electron chi connectivity index (χ0n) is 12.5. The summed E-state index contributed by atoms with van der Waals surface area (Å²) in [7, 11) is 0. The fraction of sp³-hybridized carbons (Fsp3) is 0.933. The highest BCUT2D eigenvalue weighted by Gasteiger charge is 2.35. The highest BCUT2D eigenvalue weighted by Crippen LogP contribution is 2.24. The Bertz CT molecular complexity index is 344. The summed E-state index contributed by atoms with van der Waals surface area (Å²) in [5.74, 6) is 0.274. The summed E-state index contributed by atoms with van der Waals surface area (Å²) in [5, 5.41) is 3.30. The summed E-state index contributed by atoms with van der Waals surface area (Å²) in [4.78, 5) is 17.2. The fourth-order valence-electron chi connectivity index (χ4n) is 3.76. The predicted molar refractivity (Wildman–Crippen MR) is 77.6 cm³/mol. The molecule has 5 heteroatoms. The quantitative estimate of drug-likeness (QED) is 0.798. The molecule has 1 amide bonds. The van der Waals surface area contributed by atoms with Crippen molar-refractivity contribution in [2.75, 3.05) is 39.3 Å². The lowest BCUT2D eigenvalue weighted by atomic mass is 9.96. The van der Waals surface area contributed by atoms with Crippen LogP contribution in [0.5, 0.6) is 0 Å². The highest BCUT2D eigenvalue weighted by atomic mass is 16.5. The van der Waals surface area contributed by atoms with E-state index in [-0.39, 0.29) is 12.0 Å². The second-order valence-electron chi connectivity index (χ2n) is 6.44. The number of piperazine rings is 1. The van der Waals surface area contributed by atoms with Gasteiger partial charge in [-0.15, -0.1) is 0 Å². The third-order valence-electron chi connectivity index (χ3n) is 4.91. The van der Waals surface area contributed by atoms with E-state index in [1.165, 1.54) is 25.8 Å². The normalized spacial score (nSPS) is 35.6. The summed E-state index contributed by atoms with van der Waals surface area (Å²) in [6, 6.07) is 0.933. The van der Waals surface area contributed by atoms with Gasteiger partial charge in [-0.3, -0.25) is 9.69 Å². The number of rotatable bonds is 2. The summed E-state index contributed by atoms with van der Waals surface area (Å²) < 4.78 is 5.66. The van der Waals surface area contributed by atoms with Crippen molar-refractivity contribution in [2.45, 2.75) is 50.8 Å². The number of nitrogens with one attached hydrogen (secondary N) is 1. The lowest BCUT2D eigenvalue weighted by Gasteiger charge is -2.47. The molecule has 0 aliphatic carbocycles. The van der Waals surface area contributed by atoms with Crippen molar-refractivity contribution in [1.29, 1.82) is 0 Å². The van der Waals surface area contributed by atoms with E-state index in [1.54, 1.807) is 0 Å². The van der Waals surface area contributed by atoms with Crippen molar-refractivity contribution in [2.24, 2.45) is 0 Å². The van der Waals surface area contributed by atoms with E-state index >= 15 is 0 Å². The highest BCUT2D eigenvalue weighted by molar-refractivity contribution is 5.77. The summed E-state index contributed by atoms with van der Waals surface area (Å²) >= 11 is 0. The number of morpholine rings is 1. The van der Waals surface area contributed by atoms with E-state index < -0.39 is 0 Å². The molecule has 0 aromatic carbocycles. The maximum atomic E-state index is 12.6. The van der Waals surface area contributed by atoms with E-state index in [0.717, 1.165) is 32.8 Å². The van der Waals surface area contributed by atoms with E-state index in [9.17, 15) is 4.79 Å². The zero-order valence-corrected chi connectivity index (χ0v) is 12.5. The molecule has 20 heavy (non-hydrogen) atoms. The van der Waals surface area contributed by atoms with Gasteiger partial charge < -0.3 is 15.0 Å². The van der Waals surface area contributed by atoms with Gasteiger partial charge in [-0.05, 0) is 26.3 Å². The van der Waals surface area contributed by atoms with Crippen LogP contribution in [0.1, 0.15) is 32.6 Å². The second-order valence-corrected chi connectivity index (χ2v) is 6.44. The predicted octanol–water partition coefficient (Wildman–Crippen LogP) is 0.450. The summed E-state index contributed by atoms with van der Waals surface area (Å²) in [6.45, 7) is 7.80. The van der Waals surface area contributed by atoms with Crippen LogP contribution in [0.2, 0.25) is 0 Å². The van der Waals surface area contributed by atoms with Gasteiger partial charge in [0.1, 0.15) is 0 Å². The van der Waals surface area contributed by atoms with Crippen molar-refractivity contribution < 1.29 is 9.53 Å². The van der Waals surface area contributed by atoms with Gasteiger partial charge in [-0.2, -0.15) is 0 Å². The topological polar surface area (TPSA) is 44.8 Å². The number of carbonyl (C=O) groups excluding carboxylic acids is 1. The van der Waals surface area contributed by atoms with Gasteiger partial charge in [0.25, 0.3) is 0 Å². The number of piperidine rings is 1. The Labute approximate surface area is 121 Å². The maximum absolute atomic E-state index is 12.6. The van der Waals surface area contributed by atoms with Gasteiger partial charge in [-0.25, -0.2) is 0 Å². The van der Waals surface area contributed by atoms with E-state index in [4.69, 9.17) is 4.74 Å². The summed E-state index contributed by atoms with van der Waals surface area (Å²) in [6.07, 6.45) is 4.47. The molecule has 3 rings (SSSR count). The van der Waals surface area contributed by atoms with Crippen LogP contribution in [0.15, 0.2) is 0 Å². The molecular formula is C15H27N3O2. The SMILES string of the molecule is CC1CN2CCCCC2CN1C(=O)CC1CNCCO1. The Kier molecular flexibility index (Phi) is 4.58. The monoisotopic (exact) mass is 281 g/mol. The molecule has 0 radical (unpaired) electrons. The molecule has 0 aromatic rings. The van der Waals surface area contributed by atoms with Crippen molar-refractivity contribution in [3.8, 4) is 0 Å². The Morgan fingerprint density at radius 2 is 2.25 bits per heavy atom. The lowest BCUT2D eigenvalue weighted by Crippen LogP contribution is -2.60.